The smallest absolute Gasteiger partial charge is 0.252 e. The van der Waals surface area contributed by atoms with E-state index in [1.807, 2.05) is 30.3 Å². The number of aliphatic imine (C=N–C) groups is 1. The van der Waals surface area contributed by atoms with E-state index < -0.39 is 5.24 Å². The summed E-state index contributed by atoms with van der Waals surface area (Å²) in [7, 11) is 0. The van der Waals surface area contributed by atoms with Crippen molar-refractivity contribution >= 4 is 51.1 Å². The number of halogens is 2. The van der Waals surface area contributed by atoms with E-state index in [4.69, 9.17) is 23.2 Å². The van der Waals surface area contributed by atoms with Crippen LogP contribution in [0.5, 0.6) is 0 Å². The third-order valence-corrected chi connectivity index (χ3v) is 4.38. The van der Waals surface area contributed by atoms with Crippen molar-refractivity contribution in [1.29, 1.82) is 0 Å². The summed E-state index contributed by atoms with van der Waals surface area (Å²) >= 11 is 13.3. The normalized spacial score (nSPS) is 13.1. The van der Waals surface area contributed by atoms with E-state index >= 15 is 0 Å². The first-order chi connectivity index (χ1) is 9.15. The van der Waals surface area contributed by atoms with E-state index in [1.165, 1.54) is 0 Å². The van der Waals surface area contributed by atoms with Crippen LogP contribution in [-0.4, -0.2) is 10.4 Å². The van der Waals surface area contributed by atoms with Crippen molar-refractivity contribution in [3.8, 4) is 0 Å². The van der Waals surface area contributed by atoms with Crippen LogP contribution in [0.1, 0.15) is 15.9 Å². The van der Waals surface area contributed by atoms with Crippen molar-refractivity contribution < 1.29 is 4.79 Å². The highest BCUT2D eigenvalue weighted by atomic mass is 35.5. The summed E-state index contributed by atoms with van der Waals surface area (Å²) in [6.45, 7) is 0. The van der Waals surface area contributed by atoms with Gasteiger partial charge in [0.2, 0.25) is 0 Å². The van der Waals surface area contributed by atoms with E-state index in [-0.39, 0.29) is 0 Å². The lowest BCUT2D eigenvalue weighted by atomic mass is 10.2. The lowest BCUT2D eigenvalue weighted by Gasteiger charge is -2.04. The minimum atomic E-state index is -0.499. The quantitative estimate of drug-likeness (QED) is 0.705. The Bertz CT molecular complexity index is 712. The summed E-state index contributed by atoms with van der Waals surface area (Å²) < 4.78 is 0. The number of nitrogens with zero attached hydrogens (tertiary/aromatic N) is 1. The molecule has 5 heteroatoms. The Hall–Kier alpha value is -1.29. The van der Waals surface area contributed by atoms with Gasteiger partial charge < -0.3 is 0 Å². The molecule has 0 fully saturated rings. The summed E-state index contributed by atoms with van der Waals surface area (Å²) in [5.74, 6) is 0. The Morgan fingerprint density at radius 3 is 2.68 bits per heavy atom. The Balaban J connectivity index is 2.19. The van der Waals surface area contributed by atoms with Crippen LogP contribution in [0, 0.1) is 0 Å². The van der Waals surface area contributed by atoms with Crippen LogP contribution in [0.2, 0.25) is 0 Å². The SMILES string of the molecule is O=C(Cl)c1ccc2c(c1)N=C(Cl)c1ccccc1S2. The van der Waals surface area contributed by atoms with Gasteiger partial charge in [-0.25, -0.2) is 4.99 Å². The maximum Gasteiger partial charge on any atom is 0.252 e. The molecule has 0 aromatic heterocycles. The highest BCUT2D eigenvalue weighted by Crippen LogP contribution is 2.41. The van der Waals surface area contributed by atoms with E-state index in [1.54, 1.807) is 23.9 Å². The minimum Gasteiger partial charge on any atom is -0.276 e. The molecule has 1 aliphatic rings. The Labute approximate surface area is 124 Å². The van der Waals surface area contributed by atoms with Crippen molar-refractivity contribution in [3.05, 3.63) is 53.6 Å². The van der Waals surface area contributed by atoms with Crippen molar-refractivity contribution in [2.24, 2.45) is 4.99 Å². The Kier molecular flexibility index (Phi) is 3.35. The topological polar surface area (TPSA) is 29.4 Å². The number of hydrogen-bond donors (Lipinski definition) is 0. The summed E-state index contributed by atoms with van der Waals surface area (Å²) in [5.41, 5.74) is 1.97. The largest absolute Gasteiger partial charge is 0.276 e. The van der Waals surface area contributed by atoms with E-state index in [2.05, 4.69) is 4.99 Å². The van der Waals surface area contributed by atoms with Gasteiger partial charge in [-0.3, -0.25) is 4.79 Å². The molecule has 19 heavy (non-hydrogen) atoms. The molecule has 1 heterocycles. The number of rotatable bonds is 1. The van der Waals surface area contributed by atoms with Gasteiger partial charge in [-0.15, -0.1) is 0 Å². The molecule has 0 saturated heterocycles. The highest BCUT2D eigenvalue weighted by molar-refractivity contribution is 7.99. The van der Waals surface area contributed by atoms with E-state index in [0.29, 0.717) is 16.4 Å². The van der Waals surface area contributed by atoms with E-state index in [9.17, 15) is 4.79 Å². The summed E-state index contributed by atoms with van der Waals surface area (Å²) in [6.07, 6.45) is 0. The monoisotopic (exact) mass is 307 g/mol. The average Bonchev–Trinajstić information content (AvgIpc) is 2.54. The Morgan fingerprint density at radius 2 is 1.89 bits per heavy atom. The molecular weight excluding hydrogens is 301 g/mol. The molecule has 2 aromatic carbocycles. The van der Waals surface area contributed by atoms with Gasteiger partial charge in [-0.1, -0.05) is 41.6 Å². The number of benzene rings is 2. The molecule has 2 nitrogen and oxygen atoms in total. The fraction of sp³-hybridized carbons (Fsp3) is 0. The zero-order chi connectivity index (χ0) is 13.4. The molecule has 0 bridgehead atoms. The van der Waals surface area contributed by atoms with Gasteiger partial charge in [0.15, 0.2) is 0 Å². The minimum absolute atomic E-state index is 0.417. The maximum atomic E-state index is 11.2. The molecule has 0 N–H and O–H groups in total. The summed E-state index contributed by atoms with van der Waals surface area (Å²) in [4.78, 5) is 17.6. The predicted octanol–water partition coefficient (Wildman–Crippen LogP) is 4.85. The van der Waals surface area contributed by atoms with Crippen molar-refractivity contribution in [1.82, 2.24) is 0 Å². The van der Waals surface area contributed by atoms with Crippen LogP contribution < -0.4 is 0 Å². The molecule has 0 atom stereocenters. The lowest BCUT2D eigenvalue weighted by Crippen LogP contribution is -1.91. The molecule has 1 aliphatic heterocycles. The van der Waals surface area contributed by atoms with Crippen LogP contribution in [-0.2, 0) is 0 Å². The van der Waals surface area contributed by atoms with Crippen LogP contribution in [0.15, 0.2) is 57.2 Å². The van der Waals surface area contributed by atoms with Crippen LogP contribution in [0.4, 0.5) is 5.69 Å². The number of hydrogen-bond acceptors (Lipinski definition) is 3. The molecule has 0 radical (unpaired) electrons. The molecule has 0 unspecified atom stereocenters. The first-order valence-electron chi connectivity index (χ1n) is 5.50. The molecular formula is C14H7Cl2NOS. The second kappa shape index (κ2) is 5.00. The predicted molar refractivity (Wildman–Crippen MR) is 79.2 cm³/mol. The molecule has 94 valence electrons. The van der Waals surface area contributed by atoms with Crippen LogP contribution in [0.25, 0.3) is 0 Å². The first kappa shape index (κ1) is 12.7. The lowest BCUT2D eigenvalue weighted by molar-refractivity contribution is 0.108. The zero-order valence-corrected chi connectivity index (χ0v) is 11.9. The van der Waals surface area contributed by atoms with E-state index in [0.717, 1.165) is 15.4 Å². The van der Waals surface area contributed by atoms with Gasteiger partial charge in [-0.2, -0.15) is 0 Å². The fourth-order valence-corrected chi connectivity index (χ4v) is 3.26. The third-order valence-electron chi connectivity index (χ3n) is 2.73. The van der Waals surface area contributed by atoms with Gasteiger partial charge >= 0.3 is 0 Å². The second-order valence-corrected chi connectivity index (χ2v) is 5.74. The van der Waals surface area contributed by atoms with Crippen molar-refractivity contribution in [2.75, 3.05) is 0 Å². The number of carbonyl (C=O) groups excluding carboxylic acids is 1. The molecule has 0 amide bonds. The fourth-order valence-electron chi connectivity index (χ4n) is 1.82. The standard InChI is InChI=1S/C14H7Cl2NOS/c15-13-9-3-1-2-4-11(9)19-12-6-5-8(14(16)18)7-10(12)17-13/h1-7H. The number of carbonyl (C=O) groups is 1. The molecule has 0 spiro atoms. The highest BCUT2D eigenvalue weighted by Gasteiger charge is 2.16. The Morgan fingerprint density at radius 1 is 1.11 bits per heavy atom. The van der Waals surface area contributed by atoms with Gasteiger partial charge in [0.25, 0.3) is 5.24 Å². The molecule has 0 aliphatic carbocycles. The summed E-state index contributed by atoms with van der Waals surface area (Å²) in [5, 5.41) is -0.0816. The van der Waals surface area contributed by atoms with Gasteiger partial charge in [-0.05, 0) is 35.9 Å². The molecule has 0 saturated carbocycles. The first-order valence-corrected chi connectivity index (χ1v) is 7.08. The van der Waals surface area contributed by atoms with Gasteiger partial charge in [0.05, 0.1) is 5.69 Å². The zero-order valence-electron chi connectivity index (χ0n) is 9.56. The van der Waals surface area contributed by atoms with Crippen LogP contribution in [0.3, 0.4) is 0 Å². The van der Waals surface area contributed by atoms with Crippen molar-refractivity contribution in [2.45, 2.75) is 9.79 Å². The summed E-state index contributed by atoms with van der Waals surface area (Å²) in [6, 6.07) is 13.0. The maximum absolute atomic E-state index is 11.2. The molecule has 2 aromatic rings. The van der Waals surface area contributed by atoms with Gasteiger partial charge in [0, 0.05) is 20.9 Å². The number of fused-ring (bicyclic) bond motifs is 2. The molecule has 3 rings (SSSR count). The van der Waals surface area contributed by atoms with Crippen LogP contribution >= 0.6 is 35.0 Å². The third kappa shape index (κ3) is 2.41. The van der Waals surface area contributed by atoms with Crippen molar-refractivity contribution in [3.63, 3.8) is 0 Å². The van der Waals surface area contributed by atoms with Gasteiger partial charge in [0.1, 0.15) is 5.17 Å². The average molecular weight is 308 g/mol. The second-order valence-electron chi connectivity index (χ2n) is 3.96.